The first-order valence-electron chi connectivity index (χ1n) is 6.13. The highest BCUT2D eigenvalue weighted by Gasteiger charge is 2.14. The smallest absolute Gasteiger partial charge is 0.274 e. The van der Waals surface area contributed by atoms with Crippen LogP contribution in [0.2, 0.25) is 0 Å². The van der Waals surface area contributed by atoms with Gasteiger partial charge in [-0.2, -0.15) is 0 Å². The largest absolute Gasteiger partial charge is 0.380 e. The van der Waals surface area contributed by atoms with E-state index in [1.54, 1.807) is 30.4 Å². The van der Waals surface area contributed by atoms with Gasteiger partial charge in [0.25, 0.3) is 5.69 Å². The molecule has 0 saturated heterocycles. The van der Waals surface area contributed by atoms with Gasteiger partial charge in [-0.3, -0.25) is 10.1 Å². The van der Waals surface area contributed by atoms with Crippen molar-refractivity contribution in [2.45, 2.75) is 27.3 Å². The van der Waals surface area contributed by atoms with Crippen LogP contribution in [0, 0.1) is 30.9 Å². The minimum absolute atomic E-state index is 0.133. The van der Waals surface area contributed by atoms with Gasteiger partial charge in [0.2, 0.25) is 0 Å². The molecule has 4 nitrogen and oxygen atoms in total. The molecule has 1 aromatic heterocycles. The Balaban J connectivity index is 2.23. The molecule has 0 aliphatic heterocycles. The molecule has 0 atom stereocenters. The number of nitro benzene ring substituents is 1. The van der Waals surface area contributed by atoms with Crippen molar-refractivity contribution in [3.8, 4) is 0 Å². The molecule has 0 aliphatic rings. The van der Waals surface area contributed by atoms with Gasteiger partial charge in [-0.15, -0.1) is 11.3 Å². The number of halogens is 1. The maximum Gasteiger partial charge on any atom is 0.274 e. The topological polar surface area (TPSA) is 55.2 Å². The lowest BCUT2D eigenvalue weighted by Gasteiger charge is -2.09. The van der Waals surface area contributed by atoms with E-state index in [0.29, 0.717) is 12.1 Å². The van der Waals surface area contributed by atoms with Crippen LogP contribution in [0.5, 0.6) is 0 Å². The molecule has 0 radical (unpaired) electrons. The van der Waals surface area contributed by atoms with Crippen LogP contribution in [0.15, 0.2) is 22.7 Å². The minimum Gasteiger partial charge on any atom is -0.380 e. The molecule has 2 rings (SSSR count). The van der Waals surface area contributed by atoms with Crippen molar-refractivity contribution >= 4 is 38.6 Å². The zero-order valence-electron chi connectivity index (χ0n) is 11.5. The number of nitrogens with zero attached hydrogens (tertiary/aromatic N) is 1. The highest BCUT2D eigenvalue weighted by molar-refractivity contribution is 9.10. The van der Waals surface area contributed by atoms with Crippen molar-refractivity contribution in [2.75, 3.05) is 5.32 Å². The van der Waals surface area contributed by atoms with E-state index in [-0.39, 0.29) is 10.6 Å². The third-order valence-corrected chi connectivity index (χ3v) is 4.76. The predicted molar refractivity (Wildman–Crippen MR) is 86.7 cm³/mol. The second-order valence-corrected chi connectivity index (χ2v) is 6.98. The summed E-state index contributed by atoms with van der Waals surface area (Å²) in [4.78, 5) is 13.2. The number of nitro groups is 1. The molecule has 0 bridgehead atoms. The van der Waals surface area contributed by atoms with E-state index in [9.17, 15) is 10.1 Å². The molecular formula is C14H15BrN2O2S. The fourth-order valence-corrected chi connectivity index (χ4v) is 3.59. The Labute approximate surface area is 130 Å². The number of anilines is 1. The molecule has 20 heavy (non-hydrogen) atoms. The van der Waals surface area contributed by atoms with E-state index >= 15 is 0 Å². The first-order chi connectivity index (χ1) is 9.38. The van der Waals surface area contributed by atoms with Crippen molar-refractivity contribution in [3.63, 3.8) is 0 Å². The molecule has 106 valence electrons. The van der Waals surface area contributed by atoms with Crippen molar-refractivity contribution in [2.24, 2.45) is 0 Å². The zero-order valence-corrected chi connectivity index (χ0v) is 13.9. The van der Waals surface area contributed by atoms with Gasteiger partial charge in [0.05, 0.1) is 10.6 Å². The van der Waals surface area contributed by atoms with Gasteiger partial charge in [0, 0.05) is 32.4 Å². The number of benzene rings is 1. The summed E-state index contributed by atoms with van der Waals surface area (Å²) in [6.07, 6.45) is 0. The number of nitrogens with one attached hydrogen (secondary N) is 1. The van der Waals surface area contributed by atoms with E-state index < -0.39 is 0 Å². The lowest BCUT2D eigenvalue weighted by atomic mass is 10.1. The number of rotatable bonds is 4. The molecule has 0 unspecified atom stereocenters. The van der Waals surface area contributed by atoms with E-state index in [0.717, 1.165) is 10.2 Å². The normalized spacial score (nSPS) is 10.6. The number of aryl methyl sites for hydroxylation is 3. The fraction of sp³-hybridized carbons (Fsp3) is 0.286. The monoisotopic (exact) mass is 354 g/mol. The standard InChI is InChI=1S/C14H15BrN2O2S/c1-8-4-12(15)13(6-14(8)17(18)19)16-7-11-5-9(2)20-10(11)3/h4-6,16H,7H2,1-3H3. The van der Waals surface area contributed by atoms with E-state index in [2.05, 4.69) is 41.2 Å². The number of hydrogen-bond acceptors (Lipinski definition) is 4. The Kier molecular flexibility index (Phi) is 4.45. The Morgan fingerprint density at radius 3 is 2.55 bits per heavy atom. The highest BCUT2D eigenvalue weighted by atomic mass is 79.9. The third-order valence-electron chi connectivity index (χ3n) is 3.10. The molecule has 0 amide bonds. The summed E-state index contributed by atoms with van der Waals surface area (Å²) >= 11 is 5.20. The van der Waals surface area contributed by atoms with Crippen LogP contribution in [0.1, 0.15) is 20.9 Å². The molecule has 2 aromatic rings. The van der Waals surface area contributed by atoms with Crippen LogP contribution in [0.25, 0.3) is 0 Å². The summed E-state index contributed by atoms with van der Waals surface area (Å²) in [6, 6.07) is 5.49. The molecule has 1 N–H and O–H groups in total. The molecule has 0 saturated carbocycles. The summed E-state index contributed by atoms with van der Waals surface area (Å²) in [7, 11) is 0. The first-order valence-corrected chi connectivity index (χ1v) is 7.73. The molecule has 1 aromatic carbocycles. The summed E-state index contributed by atoms with van der Waals surface area (Å²) in [6.45, 7) is 6.56. The predicted octanol–water partition coefficient (Wildman–Crippen LogP) is 4.96. The third kappa shape index (κ3) is 3.19. The molecule has 6 heteroatoms. The summed E-state index contributed by atoms with van der Waals surface area (Å²) in [5, 5.41) is 14.2. The Morgan fingerprint density at radius 1 is 1.30 bits per heavy atom. The quantitative estimate of drug-likeness (QED) is 0.623. The Hall–Kier alpha value is -1.40. The van der Waals surface area contributed by atoms with Crippen molar-refractivity contribution in [1.29, 1.82) is 0 Å². The van der Waals surface area contributed by atoms with E-state index in [1.165, 1.54) is 15.3 Å². The number of thiophene rings is 1. The lowest BCUT2D eigenvalue weighted by molar-refractivity contribution is -0.385. The van der Waals surface area contributed by atoms with Gasteiger partial charge in [-0.25, -0.2) is 0 Å². The van der Waals surface area contributed by atoms with Gasteiger partial charge in [-0.1, -0.05) is 0 Å². The van der Waals surface area contributed by atoms with Crippen molar-refractivity contribution in [1.82, 2.24) is 0 Å². The van der Waals surface area contributed by atoms with Crippen LogP contribution in [-0.4, -0.2) is 4.92 Å². The van der Waals surface area contributed by atoms with Gasteiger partial charge >= 0.3 is 0 Å². The van der Waals surface area contributed by atoms with Gasteiger partial charge < -0.3 is 5.32 Å². The molecule has 0 aliphatic carbocycles. The van der Waals surface area contributed by atoms with Gasteiger partial charge in [-0.05, 0) is 54.4 Å². The van der Waals surface area contributed by atoms with Crippen LogP contribution >= 0.6 is 27.3 Å². The average Bonchev–Trinajstić information content (AvgIpc) is 2.66. The first kappa shape index (κ1) is 15.0. The number of hydrogen-bond donors (Lipinski definition) is 1. The lowest BCUT2D eigenvalue weighted by Crippen LogP contribution is -2.02. The van der Waals surface area contributed by atoms with E-state index in [4.69, 9.17) is 0 Å². The van der Waals surface area contributed by atoms with Crippen molar-refractivity contribution < 1.29 is 4.92 Å². The SMILES string of the molecule is Cc1cc(CNc2cc([N+](=O)[O-])c(C)cc2Br)c(C)s1. The zero-order chi connectivity index (χ0) is 14.9. The summed E-state index contributed by atoms with van der Waals surface area (Å²) < 4.78 is 0.838. The second-order valence-electron chi connectivity index (χ2n) is 4.67. The fourth-order valence-electron chi connectivity index (χ4n) is 2.04. The van der Waals surface area contributed by atoms with Crippen LogP contribution in [0.3, 0.4) is 0 Å². The van der Waals surface area contributed by atoms with Crippen LogP contribution < -0.4 is 5.32 Å². The van der Waals surface area contributed by atoms with Crippen LogP contribution in [0.4, 0.5) is 11.4 Å². The molecular weight excluding hydrogens is 340 g/mol. The molecule has 0 fully saturated rings. The van der Waals surface area contributed by atoms with Crippen LogP contribution in [-0.2, 0) is 6.54 Å². The summed E-state index contributed by atoms with van der Waals surface area (Å²) in [5.74, 6) is 0. The van der Waals surface area contributed by atoms with Gasteiger partial charge in [0.1, 0.15) is 0 Å². The van der Waals surface area contributed by atoms with Gasteiger partial charge in [0.15, 0.2) is 0 Å². The maximum atomic E-state index is 11.0. The Morgan fingerprint density at radius 2 is 2.00 bits per heavy atom. The minimum atomic E-state index is -0.354. The van der Waals surface area contributed by atoms with E-state index in [1.807, 2.05) is 0 Å². The second kappa shape index (κ2) is 5.93. The van der Waals surface area contributed by atoms with Crippen molar-refractivity contribution in [3.05, 3.63) is 53.7 Å². The maximum absolute atomic E-state index is 11.0. The summed E-state index contributed by atoms with van der Waals surface area (Å²) in [5.41, 5.74) is 2.75. The molecule has 0 spiro atoms. The average molecular weight is 355 g/mol. The Bertz CT molecular complexity index is 667. The highest BCUT2D eigenvalue weighted by Crippen LogP contribution is 2.31. The molecule has 1 heterocycles.